The molecule has 0 aromatic carbocycles. The molecule has 0 saturated heterocycles. The predicted molar refractivity (Wildman–Crippen MR) is 70.1 cm³/mol. The second-order valence-corrected chi connectivity index (χ2v) is 6.08. The van der Waals surface area contributed by atoms with Crippen LogP contribution in [0.15, 0.2) is 6.07 Å². The summed E-state index contributed by atoms with van der Waals surface area (Å²) in [6.07, 6.45) is 3.23. The third-order valence-corrected chi connectivity index (χ3v) is 4.43. The highest BCUT2D eigenvalue weighted by Crippen LogP contribution is 2.30. The summed E-state index contributed by atoms with van der Waals surface area (Å²) in [5, 5.41) is 11.6. The number of nitrogens with one attached hydrogen (secondary N) is 1. The molecule has 0 radical (unpaired) electrons. The highest BCUT2D eigenvalue weighted by Gasteiger charge is 2.25. The van der Waals surface area contributed by atoms with Gasteiger partial charge in [0.05, 0.1) is 4.88 Å². The number of carbonyl (C=O) groups excluding carboxylic acids is 1. The standard InChI is InChI=1S/C13H17NO3S/c1-7(2)11(13(16)17)14-12(15)10-6-8-4-3-5-9(8)18-10/h6-7,11H,3-5H2,1-2H3,(H,14,15)(H,16,17)/t11-/m0/s1. The van der Waals surface area contributed by atoms with Gasteiger partial charge in [-0.2, -0.15) is 0 Å². The summed E-state index contributed by atoms with van der Waals surface area (Å²) in [6, 6.07) is 1.08. The van der Waals surface area contributed by atoms with E-state index in [1.165, 1.54) is 21.8 Å². The Labute approximate surface area is 110 Å². The number of aryl methyl sites for hydroxylation is 2. The molecule has 0 aliphatic heterocycles. The van der Waals surface area contributed by atoms with Crippen molar-refractivity contribution >= 4 is 23.2 Å². The molecule has 0 bridgehead atoms. The van der Waals surface area contributed by atoms with E-state index in [1.54, 1.807) is 13.8 Å². The third kappa shape index (κ3) is 2.56. The number of fused-ring (bicyclic) bond motifs is 1. The molecule has 0 saturated carbocycles. The first-order chi connectivity index (χ1) is 8.49. The summed E-state index contributed by atoms with van der Waals surface area (Å²) in [5.41, 5.74) is 1.25. The fourth-order valence-electron chi connectivity index (χ4n) is 2.17. The smallest absolute Gasteiger partial charge is 0.326 e. The zero-order valence-electron chi connectivity index (χ0n) is 10.5. The number of amides is 1. The van der Waals surface area contributed by atoms with Crippen LogP contribution in [0.4, 0.5) is 0 Å². The molecule has 2 N–H and O–H groups in total. The summed E-state index contributed by atoms with van der Waals surface area (Å²) in [4.78, 5) is 24.9. The van der Waals surface area contributed by atoms with Gasteiger partial charge in [0.15, 0.2) is 0 Å². The number of hydrogen-bond acceptors (Lipinski definition) is 3. The van der Waals surface area contributed by atoms with Gasteiger partial charge in [0.1, 0.15) is 6.04 Å². The predicted octanol–water partition coefficient (Wildman–Crippen LogP) is 2.08. The van der Waals surface area contributed by atoms with E-state index in [0.29, 0.717) is 4.88 Å². The molecular weight excluding hydrogens is 250 g/mol. The summed E-state index contributed by atoms with van der Waals surface area (Å²) >= 11 is 1.49. The van der Waals surface area contributed by atoms with Crippen molar-refractivity contribution in [2.24, 2.45) is 5.92 Å². The van der Waals surface area contributed by atoms with Gasteiger partial charge in [-0.25, -0.2) is 4.79 Å². The van der Waals surface area contributed by atoms with Crippen molar-refractivity contribution in [3.63, 3.8) is 0 Å². The molecular formula is C13H17NO3S. The molecule has 1 heterocycles. The van der Waals surface area contributed by atoms with Crippen molar-refractivity contribution in [3.8, 4) is 0 Å². The molecule has 1 amide bonds. The maximum Gasteiger partial charge on any atom is 0.326 e. The first-order valence-electron chi connectivity index (χ1n) is 6.14. The molecule has 1 atom stereocenters. The molecule has 1 aromatic rings. The Kier molecular flexibility index (Phi) is 3.71. The quantitative estimate of drug-likeness (QED) is 0.877. The summed E-state index contributed by atoms with van der Waals surface area (Å²) in [6.45, 7) is 3.57. The lowest BCUT2D eigenvalue weighted by Gasteiger charge is -2.17. The van der Waals surface area contributed by atoms with Crippen LogP contribution in [0.1, 0.15) is 40.4 Å². The molecule has 98 valence electrons. The first kappa shape index (κ1) is 13.1. The SMILES string of the molecule is CC(C)[C@H](NC(=O)c1cc2c(s1)CCC2)C(=O)O. The minimum atomic E-state index is -0.984. The average molecular weight is 267 g/mol. The van der Waals surface area contributed by atoms with E-state index >= 15 is 0 Å². The van der Waals surface area contributed by atoms with Gasteiger partial charge in [-0.15, -0.1) is 11.3 Å². The summed E-state index contributed by atoms with van der Waals surface area (Å²) < 4.78 is 0. The molecule has 5 heteroatoms. The van der Waals surface area contributed by atoms with Gasteiger partial charge in [-0.05, 0) is 36.8 Å². The molecule has 2 rings (SSSR count). The Bertz CT molecular complexity index is 457. The monoisotopic (exact) mass is 267 g/mol. The van der Waals surface area contributed by atoms with Gasteiger partial charge in [0.25, 0.3) is 5.91 Å². The van der Waals surface area contributed by atoms with E-state index in [4.69, 9.17) is 5.11 Å². The van der Waals surface area contributed by atoms with Crippen LogP contribution < -0.4 is 5.32 Å². The molecule has 1 aromatic heterocycles. The van der Waals surface area contributed by atoms with Crippen LogP contribution in [0.25, 0.3) is 0 Å². The van der Waals surface area contributed by atoms with Crippen LogP contribution in [-0.2, 0) is 17.6 Å². The van der Waals surface area contributed by atoms with Crippen molar-refractivity contribution in [2.75, 3.05) is 0 Å². The Morgan fingerprint density at radius 2 is 2.11 bits per heavy atom. The molecule has 1 aliphatic rings. The molecule has 0 spiro atoms. The zero-order chi connectivity index (χ0) is 13.3. The van der Waals surface area contributed by atoms with Gasteiger partial charge in [-0.1, -0.05) is 13.8 Å². The van der Waals surface area contributed by atoms with Gasteiger partial charge in [0, 0.05) is 4.88 Å². The lowest BCUT2D eigenvalue weighted by molar-refractivity contribution is -0.140. The molecule has 18 heavy (non-hydrogen) atoms. The van der Waals surface area contributed by atoms with Crippen LogP contribution in [0, 0.1) is 5.92 Å². The van der Waals surface area contributed by atoms with E-state index in [0.717, 1.165) is 19.3 Å². The Morgan fingerprint density at radius 1 is 1.39 bits per heavy atom. The lowest BCUT2D eigenvalue weighted by atomic mass is 10.0. The minimum absolute atomic E-state index is 0.127. The number of thiophene rings is 1. The van der Waals surface area contributed by atoms with Crippen LogP contribution in [0.5, 0.6) is 0 Å². The Morgan fingerprint density at radius 3 is 2.67 bits per heavy atom. The zero-order valence-corrected chi connectivity index (χ0v) is 11.3. The number of aliphatic carboxylic acids is 1. The van der Waals surface area contributed by atoms with Gasteiger partial charge in [-0.3, -0.25) is 4.79 Å². The lowest BCUT2D eigenvalue weighted by Crippen LogP contribution is -2.44. The minimum Gasteiger partial charge on any atom is -0.480 e. The molecule has 1 aliphatic carbocycles. The fraction of sp³-hybridized carbons (Fsp3) is 0.538. The highest BCUT2D eigenvalue weighted by atomic mass is 32.1. The first-order valence-corrected chi connectivity index (χ1v) is 6.96. The second-order valence-electron chi connectivity index (χ2n) is 4.95. The van der Waals surface area contributed by atoms with E-state index in [1.807, 2.05) is 6.07 Å². The molecule has 4 nitrogen and oxygen atoms in total. The van der Waals surface area contributed by atoms with Crippen molar-refractivity contribution in [1.29, 1.82) is 0 Å². The molecule has 0 unspecified atom stereocenters. The number of carboxylic acid groups (broad SMARTS) is 1. The number of carbonyl (C=O) groups is 2. The average Bonchev–Trinajstić information content (AvgIpc) is 2.84. The second kappa shape index (κ2) is 5.10. The maximum absolute atomic E-state index is 12.0. The largest absolute Gasteiger partial charge is 0.480 e. The normalized spacial score (nSPS) is 15.5. The summed E-state index contributed by atoms with van der Waals surface area (Å²) in [5.74, 6) is -1.38. The van der Waals surface area contributed by atoms with Crippen LogP contribution in [0.3, 0.4) is 0 Å². The number of carboxylic acids is 1. The van der Waals surface area contributed by atoms with E-state index < -0.39 is 12.0 Å². The van der Waals surface area contributed by atoms with E-state index in [2.05, 4.69) is 5.32 Å². The van der Waals surface area contributed by atoms with Gasteiger partial charge >= 0.3 is 5.97 Å². The Balaban J connectivity index is 2.09. The molecule has 0 fully saturated rings. The maximum atomic E-state index is 12.0. The Hall–Kier alpha value is -1.36. The highest BCUT2D eigenvalue weighted by molar-refractivity contribution is 7.14. The topological polar surface area (TPSA) is 66.4 Å². The van der Waals surface area contributed by atoms with Gasteiger partial charge < -0.3 is 10.4 Å². The summed E-state index contributed by atoms with van der Waals surface area (Å²) in [7, 11) is 0. The number of hydrogen-bond donors (Lipinski definition) is 2. The van der Waals surface area contributed by atoms with Crippen LogP contribution in [0.2, 0.25) is 0 Å². The van der Waals surface area contributed by atoms with E-state index in [9.17, 15) is 9.59 Å². The fourth-order valence-corrected chi connectivity index (χ4v) is 3.32. The van der Waals surface area contributed by atoms with Gasteiger partial charge in [0.2, 0.25) is 0 Å². The van der Waals surface area contributed by atoms with Crippen molar-refractivity contribution in [2.45, 2.75) is 39.2 Å². The van der Waals surface area contributed by atoms with Crippen molar-refractivity contribution < 1.29 is 14.7 Å². The van der Waals surface area contributed by atoms with Crippen LogP contribution >= 0.6 is 11.3 Å². The van der Waals surface area contributed by atoms with E-state index in [-0.39, 0.29) is 11.8 Å². The third-order valence-electron chi connectivity index (χ3n) is 3.19. The van der Waals surface area contributed by atoms with Crippen molar-refractivity contribution in [1.82, 2.24) is 5.32 Å². The van der Waals surface area contributed by atoms with Crippen molar-refractivity contribution in [3.05, 3.63) is 21.4 Å². The number of rotatable bonds is 4. The van der Waals surface area contributed by atoms with Crippen LogP contribution in [-0.4, -0.2) is 23.0 Å².